The Bertz CT molecular complexity index is 537. The molecule has 5 heteroatoms. The lowest BCUT2D eigenvalue weighted by atomic mass is 10.1. The quantitative estimate of drug-likeness (QED) is 0.682. The smallest absolute Gasteiger partial charge is 0.117 e. The molecule has 0 bridgehead atoms. The molecule has 0 aliphatic carbocycles. The largest absolute Gasteiger partial charge is 0.385 e. The molecule has 90 valence electrons. The number of hydrogen-bond donors (Lipinski definition) is 1. The summed E-state index contributed by atoms with van der Waals surface area (Å²) in [7, 11) is 6.59. The van der Waals surface area contributed by atoms with Crippen molar-refractivity contribution in [3.05, 3.63) is 24.4 Å². The van der Waals surface area contributed by atoms with Gasteiger partial charge in [0.05, 0.1) is 5.69 Å². The monoisotopic (exact) mass is 265 g/mol. The van der Waals surface area contributed by atoms with Crippen molar-refractivity contribution in [2.24, 2.45) is 7.05 Å². The van der Waals surface area contributed by atoms with E-state index in [-0.39, 0.29) is 0 Å². The highest BCUT2D eigenvalue weighted by atomic mass is 32.2. The number of nitrogens with one attached hydrogen (secondary N) is 1. The van der Waals surface area contributed by atoms with Crippen LogP contribution in [-0.2, 0) is 7.05 Å². The fraction of sp³-hybridized carbons (Fsp3) is 0.250. The van der Waals surface area contributed by atoms with Gasteiger partial charge < -0.3 is 5.32 Å². The summed E-state index contributed by atoms with van der Waals surface area (Å²) in [6.07, 6.45) is 4.08. The fourth-order valence-electron chi connectivity index (χ4n) is 1.78. The van der Waals surface area contributed by atoms with Gasteiger partial charge in [-0.3, -0.25) is 4.68 Å². The molecule has 2 rings (SSSR count). The molecule has 1 aromatic carbocycles. The Labute approximate surface area is 108 Å². The Hall–Kier alpha value is -0.990. The topological polar surface area (TPSA) is 29.9 Å². The lowest BCUT2D eigenvalue weighted by Gasteiger charge is -2.08. The maximum atomic E-state index is 4.53. The normalized spacial score (nSPS) is 10.6. The zero-order chi connectivity index (χ0) is 12.4. The lowest BCUT2D eigenvalue weighted by molar-refractivity contribution is 0.770. The second kappa shape index (κ2) is 5.11. The molecule has 17 heavy (non-hydrogen) atoms. The van der Waals surface area contributed by atoms with E-state index in [9.17, 15) is 0 Å². The summed E-state index contributed by atoms with van der Waals surface area (Å²) in [4.78, 5) is 1.24. The first-order valence-electron chi connectivity index (χ1n) is 5.31. The minimum Gasteiger partial charge on any atom is -0.385 e. The fourth-order valence-corrected chi connectivity index (χ4v) is 2.62. The Morgan fingerprint density at radius 2 is 2.18 bits per heavy atom. The molecular formula is C12H16N3PS. The van der Waals surface area contributed by atoms with Gasteiger partial charge in [-0.1, -0.05) is 6.07 Å². The van der Waals surface area contributed by atoms with Crippen molar-refractivity contribution in [3.8, 4) is 11.3 Å². The van der Waals surface area contributed by atoms with Gasteiger partial charge in [-0.05, 0) is 23.7 Å². The number of aromatic nitrogens is 2. The van der Waals surface area contributed by atoms with Crippen LogP contribution in [0.2, 0.25) is 0 Å². The van der Waals surface area contributed by atoms with Gasteiger partial charge >= 0.3 is 0 Å². The summed E-state index contributed by atoms with van der Waals surface area (Å²) in [5.74, 6) is 0. The van der Waals surface area contributed by atoms with Crippen LogP contribution in [0.4, 0.5) is 5.69 Å². The Kier molecular flexibility index (Phi) is 3.75. The van der Waals surface area contributed by atoms with Crippen molar-refractivity contribution in [1.29, 1.82) is 0 Å². The molecule has 1 N–H and O–H groups in total. The summed E-state index contributed by atoms with van der Waals surface area (Å²) in [5, 5.41) is 8.89. The molecule has 1 unspecified atom stereocenters. The van der Waals surface area contributed by atoms with Gasteiger partial charge in [-0.25, -0.2) is 0 Å². The molecule has 0 spiro atoms. The van der Waals surface area contributed by atoms with E-state index >= 15 is 0 Å². The highest BCUT2D eigenvalue weighted by Gasteiger charge is 2.12. The summed E-state index contributed by atoms with van der Waals surface area (Å²) >= 11 is 1.74. The molecule has 0 amide bonds. The summed E-state index contributed by atoms with van der Waals surface area (Å²) in [5.41, 5.74) is 3.23. The predicted octanol–water partition coefficient (Wildman–Crippen LogP) is 2.35. The molecule has 1 aromatic heterocycles. The van der Waals surface area contributed by atoms with Gasteiger partial charge in [0, 0.05) is 30.8 Å². The van der Waals surface area contributed by atoms with Crippen LogP contribution in [0, 0.1) is 0 Å². The maximum Gasteiger partial charge on any atom is 0.117 e. The van der Waals surface area contributed by atoms with Crippen LogP contribution >= 0.6 is 21.0 Å². The first kappa shape index (κ1) is 12.5. The molecule has 2 aromatic rings. The van der Waals surface area contributed by atoms with Gasteiger partial charge in [0.15, 0.2) is 0 Å². The second-order valence-electron chi connectivity index (χ2n) is 3.77. The third-order valence-electron chi connectivity index (χ3n) is 2.58. The number of aryl methyl sites for hydroxylation is 1. The third-order valence-corrected chi connectivity index (χ3v) is 3.73. The Balaban J connectivity index is 2.61. The van der Waals surface area contributed by atoms with E-state index in [2.05, 4.69) is 44.1 Å². The number of rotatable bonds is 3. The standard InChI is InChI=1S/C12H16N3PS/c1-13-10-7-15(2)14-12(10)9-6-8(16)4-5-11(9)17-3/h4-7,13H,16H2,1-3H3. The highest BCUT2D eigenvalue weighted by molar-refractivity contribution is 7.98. The summed E-state index contributed by atoms with van der Waals surface area (Å²) < 4.78 is 1.83. The Morgan fingerprint density at radius 3 is 2.82 bits per heavy atom. The molecule has 3 nitrogen and oxygen atoms in total. The first-order chi connectivity index (χ1) is 8.15. The molecule has 0 fully saturated rings. The van der Waals surface area contributed by atoms with E-state index < -0.39 is 0 Å². The molecule has 0 radical (unpaired) electrons. The number of nitrogens with zero attached hydrogens (tertiary/aromatic N) is 2. The SMILES string of the molecule is CNc1cn(C)nc1-c1cc(P)ccc1SC. The minimum absolute atomic E-state index is 1.00. The number of benzene rings is 1. The van der Waals surface area contributed by atoms with E-state index in [0.717, 1.165) is 11.4 Å². The molecule has 0 aliphatic heterocycles. The van der Waals surface area contributed by atoms with E-state index in [1.165, 1.54) is 15.8 Å². The number of anilines is 1. The average molecular weight is 265 g/mol. The van der Waals surface area contributed by atoms with E-state index in [0.29, 0.717) is 0 Å². The van der Waals surface area contributed by atoms with Crippen LogP contribution in [0.15, 0.2) is 29.3 Å². The maximum absolute atomic E-state index is 4.53. The molecule has 0 saturated carbocycles. The van der Waals surface area contributed by atoms with Gasteiger partial charge in [0.25, 0.3) is 0 Å². The molecule has 0 aliphatic rings. The van der Waals surface area contributed by atoms with E-state index in [1.807, 2.05) is 25.0 Å². The van der Waals surface area contributed by atoms with E-state index in [4.69, 9.17) is 0 Å². The van der Waals surface area contributed by atoms with Crippen LogP contribution in [-0.4, -0.2) is 23.1 Å². The molecule has 1 atom stereocenters. The summed E-state index contributed by atoms with van der Waals surface area (Å²) in [6, 6.07) is 6.39. The Morgan fingerprint density at radius 1 is 1.41 bits per heavy atom. The number of hydrogen-bond acceptors (Lipinski definition) is 3. The van der Waals surface area contributed by atoms with Crippen molar-refractivity contribution in [2.75, 3.05) is 18.6 Å². The van der Waals surface area contributed by atoms with E-state index in [1.54, 1.807) is 11.8 Å². The minimum atomic E-state index is 1.00. The lowest BCUT2D eigenvalue weighted by Crippen LogP contribution is -1.96. The zero-order valence-corrected chi connectivity index (χ0v) is 12.2. The van der Waals surface area contributed by atoms with Gasteiger partial charge in [0.1, 0.15) is 5.69 Å². The number of thioether (sulfide) groups is 1. The molecule has 0 saturated heterocycles. The molecule has 1 heterocycles. The van der Waals surface area contributed by atoms with Crippen LogP contribution in [0.3, 0.4) is 0 Å². The van der Waals surface area contributed by atoms with Gasteiger partial charge in [0.2, 0.25) is 0 Å². The van der Waals surface area contributed by atoms with Crippen molar-refractivity contribution in [1.82, 2.24) is 9.78 Å². The van der Waals surface area contributed by atoms with Crippen molar-refractivity contribution in [3.63, 3.8) is 0 Å². The van der Waals surface area contributed by atoms with Crippen LogP contribution in [0.25, 0.3) is 11.3 Å². The average Bonchev–Trinajstić information content (AvgIpc) is 2.70. The van der Waals surface area contributed by atoms with Crippen molar-refractivity contribution < 1.29 is 0 Å². The van der Waals surface area contributed by atoms with Crippen LogP contribution in [0.5, 0.6) is 0 Å². The highest BCUT2D eigenvalue weighted by Crippen LogP contribution is 2.33. The van der Waals surface area contributed by atoms with Gasteiger partial charge in [-0.15, -0.1) is 21.0 Å². The van der Waals surface area contributed by atoms with Crippen LogP contribution in [0.1, 0.15) is 0 Å². The third kappa shape index (κ3) is 2.48. The van der Waals surface area contributed by atoms with Crippen molar-refractivity contribution >= 4 is 32.0 Å². The zero-order valence-electron chi connectivity index (χ0n) is 10.2. The predicted molar refractivity (Wildman–Crippen MR) is 79.3 cm³/mol. The van der Waals surface area contributed by atoms with Gasteiger partial charge in [-0.2, -0.15) is 5.10 Å². The van der Waals surface area contributed by atoms with Crippen molar-refractivity contribution in [2.45, 2.75) is 4.90 Å². The van der Waals surface area contributed by atoms with Crippen LogP contribution < -0.4 is 10.6 Å². The summed E-state index contributed by atoms with van der Waals surface area (Å²) in [6.45, 7) is 0. The molecular weight excluding hydrogens is 249 g/mol. The first-order valence-corrected chi connectivity index (χ1v) is 7.11. The second-order valence-corrected chi connectivity index (χ2v) is 5.29.